The molecule has 0 heterocycles. The van der Waals surface area contributed by atoms with Gasteiger partial charge in [-0.05, 0) is 26.0 Å². The maximum Gasteiger partial charge on any atom is 0.329 e. The van der Waals surface area contributed by atoms with Crippen LogP contribution in [0.5, 0.6) is 5.75 Å². The lowest BCUT2D eigenvalue weighted by Gasteiger charge is -2.17. The summed E-state index contributed by atoms with van der Waals surface area (Å²) in [5.41, 5.74) is 0.138. The zero-order valence-corrected chi connectivity index (χ0v) is 13.6. The maximum atomic E-state index is 12.3. The summed E-state index contributed by atoms with van der Waals surface area (Å²) < 4.78 is 40.9. The van der Waals surface area contributed by atoms with Gasteiger partial charge >= 0.3 is 5.97 Å². The molecule has 0 bridgehead atoms. The third-order valence-electron chi connectivity index (χ3n) is 2.69. The van der Waals surface area contributed by atoms with Gasteiger partial charge in [-0.15, -0.1) is 0 Å². The van der Waals surface area contributed by atoms with E-state index in [4.69, 9.17) is 14.0 Å². The number of amides is 1. The van der Waals surface area contributed by atoms with Crippen molar-refractivity contribution >= 4 is 22.0 Å². The van der Waals surface area contributed by atoms with Crippen molar-refractivity contribution in [1.82, 2.24) is 5.32 Å². The molecule has 0 saturated carbocycles. The van der Waals surface area contributed by atoms with Gasteiger partial charge in [-0.2, -0.15) is 8.42 Å². The molecule has 0 unspecified atom stereocenters. The first-order chi connectivity index (χ1) is 10.8. The minimum atomic E-state index is -4.48. The Kier molecular flexibility index (Phi) is 6.98. The molecule has 1 amide bonds. The molecule has 0 aromatic heterocycles. The summed E-state index contributed by atoms with van der Waals surface area (Å²) in [5.74, 6) is -2.35. The standard InChI is InChI=1S/C14H19NO7S/c1-3-21-12-8-6-5-7-10(12)13(16)15-11(9-23(18,19)20)14(17)22-4-2/h5-8,11H,3-4,9H2,1-2H3,(H,15,16)(H,18,19,20)/t11-/m0/s1. The number of benzene rings is 1. The molecule has 0 aliphatic rings. The van der Waals surface area contributed by atoms with Crippen molar-refractivity contribution in [3.05, 3.63) is 29.8 Å². The summed E-state index contributed by atoms with van der Waals surface area (Å²) in [5, 5.41) is 2.24. The van der Waals surface area contributed by atoms with E-state index in [-0.39, 0.29) is 12.2 Å². The average Bonchev–Trinajstić information content (AvgIpc) is 2.46. The van der Waals surface area contributed by atoms with E-state index >= 15 is 0 Å². The molecule has 1 atom stereocenters. The van der Waals surface area contributed by atoms with Crippen LogP contribution in [0.15, 0.2) is 24.3 Å². The number of para-hydroxylation sites is 1. The molecule has 0 saturated heterocycles. The fourth-order valence-corrected chi connectivity index (χ4v) is 2.43. The van der Waals surface area contributed by atoms with Crippen molar-refractivity contribution in [3.63, 3.8) is 0 Å². The third kappa shape index (κ3) is 6.25. The van der Waals surface area contributed by atoms with Gasteiger partial charge in [-0.3, -0.25) is 9.35 Å². The number of esters is 1. The SMILES string of the molecule is CCOC(=O)[C@H](CS(=O)(=O)O)NC(=O)c1ccccc1OCC. The lowest BCUT2D eigenvalue weighted by Crippen LogP contribution is -2.46. The van der Waals surface area contributed by atoms with Crippen molar-refractivity contribution < 1.29 is 32.0 Å². The van der Waals surface area contributed by atoms with Gasteiger partial charge in [-0.25, -0.2) is 4.79 Å². The molecule has 0 spiro atoms. The van der Waals surface area contributed by atoms with Gasteiger partial charge < -0.3 is 14.8 Å². The number of hydrogen-bond donors (Lipinski definition) is 2. The predicted molar refractivity (Wildman–Crippen MR) is 81.9 cm³/mol. The number of rotatable bonds is 8. The Balaban J connectivity index is 2.99. The van der Waals surface area contributed by atoms with Crippen LogP contribution in [0.2, 0.25) is 0 Å². The number of carbonyl (C=O) groups is 2. The third-order valence-corrected chi connectivity index (χ3v) is 3.44. The Morgan fingerprint density at radius 2 is 1.87 bits per heavy atom. The zero-order valence-electron chi connectivity index (χ0n) is 12.8. The van der Waals surface area contributed by atoms with Gasteiger partial charge in [0.05, 0.1) is 18.8 Å². The highest BCUT2D eigenvalue weighted by molar-refractivity contribution is 7.85. The topological polar surface area (TPSA) is 119 Å². The molecule has 1 aromatic rings. The Hall–Kier alpha value is -2.13. The molecular formula is C14H19NO7S. The molecule has 0 radical (unpaired) electrons. The summed E-state index contributed by atoms with van der Waals surface area (Å²) in [4.78, 5) is 24.0. The van der Waals surface area contributed by atoms with Gasteiger partial charge in [-0.1, -0.05) is 12.1 Å². The zero-order chi connectivity index (χ0) is 17.5. The van der Waals surface area contributed by atoms with Crippen molar-refractivity contribution in [2.75, 3.05) is 19.0 Å². The average molecular weight is 345 g/mol. The van der Waals surface area contributed by atoms with Gasteiger partial charge in [0.2, 0.25) is 0 Å². The largest absolute Gasteiger partial charge is 0.493 e. The second kappa shape index (κ2) is 8.49. The van der Waals surface area contributed by atoms with Crippen LogP contribution in [0.25, 0.3) is 0 Å². The van der Waals surface area contributed by atoms with Crippen molar-refractivity contribution in [3.8, 4) is 5.75 Å². The summed E-state index contributed by atoms with van der Waals surface area (Å²) in [7, 11) is -4.48. The lowest BCUT2D eigenvalue weighted by molar-refractivity contribution is -0.144. The summed E-state index contributed by atoms with van der Waals surface area (Å²) in [6.45, 7) is 3.62. The van der Waals surface area contributed by atoms with Crippen LogP contribution in [-0.4, -0.2) is 49.9 Å². The molecule has 23 heavy (non-hydrogen) atoms. The first-order valence-corrected chi connectivity index (χ1v) is 8.53. The van der Waals surface area contributed by atoms with Crippen LogP contribution in [0, 0.1) is 0 Å². The number of carbonyl (C=O) groups excluding carboxylic acids is 2. The van der Waals surface area contributed by atoms with Crippen LogP contribution < -0.4 is 10.1 Å². The van der Waals surface area contributed by atoms with E-state index in [1.54, 1.807) is 25.1 Å². The van der Waals surface area contributed by atoms with E-state index in [0.29, 0.717) is 12.4 Å². The molecule has 1 rings (SSSR count). The van der Waals surface area contributed by atoms with E-state index in [1.165, 1.54) is 13.0 Å². The van der Waals surface area contributed by atoms with E-state index < -0.39 is 33.8 Å². The predicted octanol–water partition coefficient (Wildman–Crippen LogP) is 0.635. The van der Waals surface area contributed by atoms with Crippen LogP contribution in [0.4, 0.5) is 0 Å². The van der Waals surface area contributed by atoms with E-state index in [9.17, 15) is 18.0 Å². The van der Waals surface area contributed by atoms with Gasteiger partial charge in [0.1, 0.15) is 17.5 Å². The highest BCUT2D eigenvalue weighted by Gasteiger charge is 2.28. The number of ether oxygens (including phenoxy) is 2. The minimum absolute atomic E-state index is 0.00616. The Bertz CT molecular complexity index is 657. The van der Waals surface area contributed by atoms with Gasteiger partial charge in [0, 0.05) is 0 Å². The normalized spacial score (nSPS) is 12.3. The van der Waals surface area contributed by atoms with E-state index in [1.807, 2.05) is 0 Å². The second-order valence-electron chi connectivity index (χ2n) is 4.46. The molecule has 9 heteroatoms. The molecule has 2 N–H and O–H groups in total. The Morgan fingerprint density at radius 1 is 1.22 bits per heavy atom. The monoisotopic (exact) mass is 345 g/mol. The quantitative estimate of drug-likeness (QED) is 0.524. The maximum absolute atomic E-state index is 12.3. The fraction of sp³-hybridized carbons (Fsp3) is 0.429. The summed E-state index contributed by atoms with van der Waals surface area (Å²) in [6.07, 6.45) is 0. The smallest absolute Gasteiger partial charge is 0.329 e. The number of nitrogens with one attached hydrogen (secondary N) is 1. The molecule has 0 aliphatic carbocycles. The first kappa shape index (κ1) is 18.9. The fourth-order valence-electron chi connectivity index (χ4n) is 1.79. The highest BCUT2D eigenvalue weighted by atomic mass is 32.2. The van der Waals surface area contributed by atoms with Crippen molar-refractivity contribution in [2.24, 2.45) is 0 Å². The van der Waals surface area contributed by atoms with Gasteiger partial charge in [0.25, 0.3) is 16.0 Å². The second-order valence-corrected chi connectivity index (χ2v) is 5.95. The Morgan fingerprint density at radius 3 is 2.43 bits per heavy atom. The van der Waals surface area contributed by atoms with Gasteiger partial charge in [0.15, 0.2) is 0 Å². The molecule has 8 nitrogen and oxygen atoms in total. The minimum Gasteiger partial charge on any atom is -0.493 e. The summed E-state index contributed by atoms with van der Waals surface area (Å²) in [6, 6.07) is 4.78. The van der Waals surface area contributed by atoms with E-state index in [0.717, 1.165) is 0 Å². The molecule has 0 aliphatic heterocycles. The van der Waals surface area contributed by atoms with E-state index in [2.05, 4.69) is 5.32 Å². The van der Waals surface area contributed by atoms with Crippen LogP contribution >= 0.6 is 0 Å². The van der Waals surface area contributed by atoms with Crippen molar-refractivity contribution in [1.29, 1.82) is 0 Å². The molecule has 1 aromatic carbocycles. The highest BCUT2D eigenvalue weighted by Crippen LogP contribution is 2.18. The lowest BCUT2D eigenvalue weighted by atomic mass is 10.1. The van der Waals surface area contributed by atoms with Crippen molar-refractivity contribution in [2.45, 2.75) is 19.9 Å². The summed E-state index contributed by atoms with van der Waals surface area (Å²) >= 11 is 0. The molecule has 0 fully saturated rings. The first-order valence-electron chi connectivity index (χ1n) is 6.93. The van der Waals surface area contributed by atoms with Crippen LogP contribution in [0.1, 0.15) is 24.2 Å². The van der Waals surface area contributed by atoms with Crippen LogP contribution in [0.3, 0.4) is 0 Å². The molecule has 128 valence electrons. The molecular weight excluding hydrogens is 326 g/mol. The Labute approximate surface area is 134 Å². The number of hydrogen-bond acceptors (Lipinski definition) is 6. The van der Waals surface area contributed by atoms with Crippen LogP contribution in [-0.2, 0) is 19.6 Å².